The van der Waals surface area contributed by atoms with Crippen LogP contribution in [-0.2, 0) is 6.42 Å². The molecule has 1 aliphatic heterocycles. The number of pyridine rings is 1. The predicted octanol–water partition coefficient (Wildman–Crippen LogP) is 3.10. The second-order valence-electron chi connectivity index (χ2n) is 6.28. The van der Waals surface area contributed by atoms with Gasteiger partial charge in [0.2, 0.25) is 11.3 Å². The molecular formula is C18H17ClN4O3. The summed E-state index contributed by atoms with van der Waals surface area (Å²) in [5.74, 6) is 0.707. The molecule has 0 radical (unpaired) electrons. The summed E-state index contributed by atoms with van der Waals surface area (Å²) < 4.78 is 5.31. The number of hydrogen-bond acceptors (Lipinski definition) is 5. The molecule has 1 amide bonds. The van der Waals surface area contributed by atoms with Crippen LogP contribution in [0.15, 0.2) is 33.7 Å². The number of carbonyl (C=O) groups excluding carboxylic acids is 1. The molecule has 3 aromatic rings. The van der Waals surface area contributed by atoms with E-state index in [4.69, 9.17) is 16.1 Å². The van der Waals surface area contributed by atoms with E-state index in [0.29, 0.717) is 40.6 Å². The summed E-state index contributed by atoms with van der Waals surface area (Å²) in [7, 11) is 0. The van der Waals surface area contributed by atoms with E-state index < -0.39 is 0 Å². The first kappa shape index (κ1) is 16.8. The fourth-order valence-electron chi connectivity index (χ4n) is 3.32. The molecule has 1 fully saturated rings. The van der Waals surface area contributed by atoms with E-state index in [1.165, 1.54) is 6.20 Å². The average Bonchev–Trinajstić information content (AvgIpc) is 3.30. The highest BCUT2D eigenvalue weighted by Gasteiger charge is 2.35. The number of likely N-dealkylation sites (tertiary alicyclic amines) is 1. The molecule has 0 aliphatic carbocycles. The quantitative estimate of drug-likeness (QED) is 0.762. The molecule has 7 nitrogen and oxygen atoms in total. The average molecular weight is 373 g/mol. The number of benzene rings is 1. The van der Waals surface area contributed by atoms with Gasteiger partial charge in [0.05, 0.1) is 5.52 Å². The van der Waals surface area contributed by atoms with Crippen LogP contribution in [-0.4, -0.2) is 32.5 Å². The molecular weight excluding hydrogens is 356 g/mol. The smallest absolute Gasteiger partial charge is 0.260 e. The number of rotatable bonds is 3. The standard InChI is InChI=1S/C18H17ClN4O3/c1-2-15-21-17(26-22-15)14-4-3-7-23(14)18(25)12-9-20-13-8-10(19)5-6-11(13)16(12)24/h5-6,8-9,14H,2-4,7H2,1H3,(H,20,24)/t14-/m0/s1. The molecule has 1 atom stereocenters. The normalized spacial score (nSPS) is 17.2. The summed E-state index contributed by atoms with van der Waals surface area (Å²) in [5, 5.41) is 4.86. The summed E-state index contributed by atoms with van der Waals surface area (Å²) in [6, 6.07) is 4.63. The minimum absolute atomic E-state index is 0.0990. The van der Waals surface area contributed by atoms with E-state index in [2.05, 4.69) is 15.1 Å². The Balaban J connectivity index is 1.70. The third-order valence-corrected chi connectivity index (χ3v) is 4.91. The van der Waals surface area contributed by atoms with Gasteiger partial charge < -0.3 is 14.4 Å². The lowest BCUT2D eigenvalue weighted by atomic mass is 10.1. The first-order chi connectivity index (χ1) is 12.6. The van der Waals surface area contributed by atoms with Gasteiger partial charge in [-0.1, -0.05) is 23.7 Å². The van der Waals surface area contributed by atoms with E-state index in [1.807, 2.05) is 6.92 Å². The number of amides is 1. The molecule has 1 aromatic carbocycles. The second-order valence-corrected chi connectivity index (χ2v) is 6.72. The molecule has 0 unspecified atom stereocenters. The van der Waals surface area contributed by atoms with Crippen LogP contribution in [0, 0.1) is 0 Å². The number of carbonyl (C=O) groups is 1. The lowest BCUT2D eigenvalue weighted by Gasteiger charge is -2.21. The van der Waals surface area contributed by atoms with Crippen molar-refractivity contribution in [1.82, 2.24) is 20.0 Å². The molecule has 8 heteroatoms. The maximum atomic E-state index is 13.0. The van der Waals surface area contributed by atoms with E-state index in [-0.39, 0.29) is 22.9 Å². The minimum atomic E-state index is -0.332. The Labute approximate surface area is 154 Å². The largest absolute Gasteiger partial charge is 0.360 e. The zero-order valence-electron chi connectivity index (χ0n) is 14.2. The third-order valence-electron chi connectivity index (χ3n) is 4.67. The van der Waals surface area contributed by atoms with Gasteiger partial charge in [-0.2, -0.15) is 4.98 Å². The number of halogens is 1. The van der Waals surface area contributed by atoms with Gasteiger partial charge in [-0.05, 0) is 31.0 Å². The van der Waals surface area contributed by atoms with E-state index in [9.17, 15) is 9.59 Å². The zero-order valence-corrected chi connectivity index (χ0v) is 14.9. The minimum Gasteiger partial charge on any atom is -0.360 e. The lowest BCUT2D eigenvalue weighted by molar-refractivity contribution is 0.0708. The van der Waals surface area contributed by atoms with Gasteiger partial charge in [0.15, 0.2) is 5.82 Å². The molecule has 0 spiro atoms. The number of H-pyrrole nitrogens is 1. The number of aromatic amines is 1. The van der Waals surface area contributed by atoms with Crippen LogP contribution in [0.5, 0.6) is 0 Å². The fraction of sp³-hybridized carbons (Fsp3) is 0.333. The number of nitrogens with zero attached hydrogens (tertiary/aromatic N) is 3. The molecule has 2 aromatic heterocycles. The topological polar surface area (TPSA) is 92.1 Å². The third kappa shape index (κ3) is 2.78. The van der Waals surface area contributed by atoms with Crippen LogP contribution in [0.3, 0.4) is 0 Å². The van der Waals surface area contributed by atoms with Gasteiger partial charge in [-0.15, -0.1) is 0 Å². The van der Waals surface area contributed by atoms with Crippen LogP contribution in [0.1, 0.15) is 47.9 Å². The van der Waals surface area contributed by atoms with Crippen molar-refractivity contribution >= 4 is 28.4 Å². The Morgan fingerprint density at radius 3 is 3.08 bits per heavy atom. The Bertz CT molecular complexity index is 1040. The summed E-state index contributed by atoms with van der Waals surface area (Å²) in [6.07, 6.45) is 3.67. The molecule has 0 bridgehead atoms. The Hall–Kier alpha value is -2.67. The Morgan fingerprint density at radius 1 is 1.46 bits per heavy atom. The summed E-state index contributed by atoms with van der Waals surface area (Å²) in [5.41, 5.74) is 0.384. The van der Waals surface area contributed by atoms with Gasteiger partial charge in [0.1, 0.15) is 11.6 Å². The number of hydrogen-bond donors (Lipinski definition) is 1. The van der Waals surface area contributed by atoms with E-state index in [1.54, 1.807) is 23.1 Å². The molecule has 26 heavy (non-hydrogen) atoms. The maximum absolute atomic E-state index is 13.0. The van der Waals surface area contributed by atoms with Crippen molar-refractivity contribution in [3.63, 3.8) is 0 Å². The van der Waals surface area contributed by atoms with Crippen LogP contribution in [0.4, 0.5) is 0 Å². The number of nitrogens with one attached hydrogen (secondary N) is 1. The number of fused-ring (bicyclic) bond motifs is 1. The van der Waals surface area contributed by atoms with E-state index >= 15 is 0 Å². The zero-order chi connectivity index (χ0) is 18.3. The van der Waals surface area contributed by atoms with Crippen LogP contribution in [0.2, 0.25) is 5.02 Å². The van der Waals surface area contributed by atoms with Crippen molar-refractivity contribution < 1.29 is 9.32 Å². The van der Waals surface area contributed by atoms with Gasteiger partial charge in [0.25, 0.3) is 5.91 Å². The van der Waals surface area contributed by atoms with Crippen molar-refractivity contribution in [2.75, 3.05) is 6.54 Å². The second kappa shape index (κ2) is 6.57. The van der Waals surface area contributed by atoms with Crippen LogP contribution in [0.25, 0.3) is 10.9 Å². The summed E-state index contributed by atoms with van der Waals surface area (Å²) >= 11 is 5.96. The monoisotopic (exact) mass is 372 g/mol. The molecule has 4 rings (SSSR count). The van der Waals surface area contributed by atoms with Crippen LogP contribution < -0.4 is 5.43 Å². The van der Waals surface area contributed by atoms with E-state index in [0.717, 1.165) is 12.8 Å². The highest BCUT2D eigenvalue weighted by atomic mass is 35.5. The summed E-state index contributed by atoms with van der Waals surface area (Å²) in [6.45, 7) is 2.48. The predicted molar refractivity (Wildman–Crippen MR) is 96.3 cm³/mol. The first-order valence-corrected chi connectivity index (χ1v) is 8.90. The highest BCUT2D eigenvalue weighted by molar-refractivity contribution is 6.31. The highest BCUT2D eigenvalue weighted by Crippen LogP contribution is 2.32. The van der Waals surface area contributed by atoms with Crippen molar-refractivity contribution in [2.24, 2.45) is 0 Å². The van der Waals surface area contributed by atoms with Gasteiger partial charge in [-0.3, -0.25) is 9.59 Å². The SMILES string of the molecule is CCc1noc([C@@H]2CCCN2C(=O)c2c[nH]c3cc(Cl)ccc3c2=O)n1. The Kier molecular flexibility index (Phi) is 4.24. The molecule has 1 aliphatic rings. The van der Waals surface area contributed by atoms with Crippen LogP contribution >= 0.6 is 11.6 Å². The molecule has 3 heterocycles. The lowest BCUT2D eigenvalue weighted by Crippen LogP contribution is -2.34. The van der Waals surface area contributed by atoms with Crippen molar-refractivity contribution in [3.8, 4) is 0 Å². The van der Waals surface area contributed by atoms with Crippen molar-refractivity contribution in [3.05, 3.63) is 56.9 Å². The molecule has 1 N–H and O–H groups in total. The van der Waals surface area contributed by atoms with Gasteiger partial charge in [0, 0.05) is 29.6 Å². The number of aromatic nitrogens is 3. The Morgan fingerprint density at radius 2 is 2.31 bits per heavy atom. The van der Waals surface area contributed by atoms with Crippen molar-refractivity contribution in [1.29, 1.82) is 0 Å². The summed E-state index contributed by atoms with van der Waals surface area (Å²) in [4.78, 5) is 34.8. The van der Waals surface area contributed by atoms with Gasteiger partial charge >= 0.3 is 0 Å². The fourth-order valence-corrected chi connectivity index (χ4v) is 3.49. The molecule has 0 saturated carbocycles. The number of aryl methyl sites for hydroxylation is 1. The molecule has 134 valence electrons. The molecule has 1 saturated heterocycles. The first-order valence-electron chi connectivity index (χ1n) is 8.53. The van der Waals surface area contributed by atoms with Gasteiger partial charge in [-0.25, -0.2) is 0 Å². The maximum Gasteiger partial charge on any atom is 0.260 e. The van der Waals surface area contributed by atoms with Crippen molar-refractivity contribution in [2.45, 2.75) is 32.2 Å².